The summed E-state index contributed by atoms with van der Waals surface area (Å²) in [7, 11) is 0. The van der Waals surface area contributed by atoms with E-state index in [0.29, 0.717) is 5.15 Å². The third-order valence-electron chi connectivity index (χ3n) is 2.58. The molecule has 2 aromatic rings. The molecule has 0 saturated heterocycles. The number of imidazole rings is 1. The lowest BCUT2D eigenvalue weighted by atomic mass is 10.3. The van der Waals surface area contributed by atoms with Gasteiger partial charge in [0.15, 0.2) is 5.15 Å². The van der Waals surface area contributed by atoms with Gasteiger partial charge in [-0.05, 0) is 25.1 Å². The number of hydrogen-bond donors (Lipinski definition) is 1. The summed E-state index contributed by atoms with van der Waals surface area (Å²) in [6.07, 6.45) is 4.38. The molecule has 0 radical (unpaired) electrons. The molecule has 2 rings (SSSR count). The van der Waals surface area contributed by atoms with Crippen molar-refractivity contribution in [1.29, 1.82) is 0 Å². The van der Waals surface area contributed by atoms with Crippen molar-refractivity contribution in [3.05, 3.63) is 35.2 Å². The summed E-state index contributed by atoms with van der Waals surface area (Å²) in [5.41, 5.74) is 1.94. The second kappa shape index (κ2) is 5.32. The number of hydrogen-bond acceptors (Lipinski definition) is 2. The zero-order valence-electron chi connectivity index (χ0n) is 9.41. The second-order valence-electron chi connectivity index (χ2n) is 3.81. The Balaban J connectivity index is 2.13. The van der Waals surface area contributed by atoms with E-state index < -0.39 is 0 Å². The number of nitrogens with zero attached hydrogens (tertiary/aromatic N) is 2. The quantitative estimate of drug-likeness (QED) is 0.811. The first-order valence-electron chi connectivity index (χ1n) is 5.65. The summed E-state index contributed by atoms with van der Waals surface area (Å²) in [6.45, 7) is 3.97. The van der Waals surface area contributed by atoms with Crippen LogP contribution in [-0.4, -0.2) is 15.9 Å². The highest BCUT2D eigenvalue weighted by molar-refractivity contribution is 6.30. The van der Waals surface area contributed by atoms with E-state index in [1.165, 1.54) is 12.8 Å². The van der Waals surface area contributed by atoms with E-state index in [1.54, 1.807) is 0 Å². The molecule has 0 amide bonds. The van der Waals surface area contributed by atoms with Crippen molar-refractivity contribution < 1.29 is 0 Å². The van der Waals surface area contributed by atoms with Crippen molar-refractivity contribution in [2.45, 2.75) is 26.3 Å². The fourth-order valence-electron chi connectivity index (χ4n) is 1.68. The smallest absolute Gasteiger partial charge is 0.152 e. The van der Waals surface area contributed by atoms with Crippen LogP contribution in [0.25, 0.3) is 5.65 Å². The molecule has 2 heterocycles. The molecule has 0 aliphatic heterocycles. The van der Waals surface area contributed by atoms with E-state index in [2.05, 4.69) is 17.2 Å². The third-order valence-corrected chi connectivity index (χ3v) is 2.88. The molecule has 0 aromatic carbocycles. The molecule has 3 nitrogen and oxygen atoms in total. The number of unbranched alkanes of at least 4 members (excludes halogenated alkanes) is 1. The summed E-state index contributed by atoms with van der Waals surface area (Å²) in [5.74, 6) is 0. The van der Waals surface area contributed by atoms with Crippen molar-refractivity contribution in [2.75, 3.05) is 6.54 Å². The Bertz CT molecular complexity index is 464. The number of nitrogens with one attached hydrogen (secondary N) is 1. The van der Waals surface area contributed by atoms with Crippen LogP contribution in [0.5, 0.6) is 0 Å². The Morgan fingerprint density at radius 3 is 3.12 bits per heavy atom. The van der Waals surface area contributed by atoms with Gasteiger partial charge in [-0.1, -0.05) is 31.0 Å². The van der Waals surface area contributed by atoms with Crippen LogP contribution >= 0.6 is 11.6 Å². The molecule has 0 aliphatic carbocycles. The van der Waals surface area contributed by atoms with Gasteiger partial charge in [0.1, 0.15) is 5.65 Å². The lowest BCUT2D eigenvalue weighted by molar-refractivity contribution is 0.631. The highest BCUT2D eigenvalue weighted by atomic mass is 35.5. The molecule has 0 fully saturated rings. The number of aromatic nitrogens is 2. The zero-order chi connectivity index (χ0) is 11.4. The molecule has 0 bridgehead atoms. The first kappa shape index (κ1) is 11.4. The van der Waals surface area contributed by atoms with Crippen molar-refractivity contribution >= 4 is 17.2 Å². The Morgan fingerprint density at radius 1 is 1.44 bits per heavy atom. The van der Waals surface area contributed by atoms with E-state index >= 15 is 0 Å². The van der Waals surface area contributed by atoms with Gasteiger partial charge in [0, 0.05) is 12.7 Å². The van der Waals surface area contributed by atoms with Crippen molar-refractivity contribution in [1.82, 2.24) is 14.7 Å². The van der Waals surface area contributed by atoms with Crippen LogP contribution in [-0.2, 0) is 6.54 Å². The minimum atomic E-state index is 0.593. The molecule has 0 spiro atoms. The van der Waals surface area contributed by atoms with E-state index in [0.717, 1.165) is 24.4 Å². The van der Waals surface area contributed by atoms with Gasteiger partial charge >= 0.3 is 0 Å². The molecule has 0 atom stereocenters. The monoisotopic (exact) mass is 237 g/mol. The van der Waals surface area contributed by atoms with Gasteiger partial charge in [0.25, 0.3) is 0 Å². The predicted molar refractivity (Wildman–Crippen MR) is 66.8 cm³/mol. The normalized spacial score (nSPS) is 11.1. The van der Waals surface area contributed by atoms with E-state index in [9.17, 15) is 0 Å². The molecule has 16 heavy (non-hydrogen) atoms. The molecular formula is C12H16ClN3. The average molecular weight is 238 g/mol. The van der Waals surface area contributed by atoms with Gasteiger partial charge in [-0.2, -0.15) is 0 Å². The lowest BCUT2D eigenvalue weighted by Crippen LogP contribution is -2.15. The SMILES string of the molecule is CCCCNCc1c(Cl)nc2ccccn12. The molecule has 1 N–H and O–H groups in total. The van der Waals surface area contributed by atoms with Gasteiger partial charge in [-0.15, -0.1) is 0 Å². The first-order valence-corrected chi connectivity index (χ1v) is 6.03. The van der Waals surface area contributed by atoms with E-state index in [-0.39, 0.29) is 0 Å². The predicted octanol–water partition coefficient (Wildman–Crippen LogP) is 2.88. The molecule has 0 aliphatic rings. The standard InChI is InChI=1S/C12H16ClN3/c1-2-3-7-14-9-10-12(13)15-11-6-4-5-8-16(10)11/h4-6,8,14H,2-3,7,9H2,1H3. The summed E-state index contributed by atoms with van der Waals surface area (Å²) < 4.78 is 2.03. The van der Waals surface area contributed by atoms with E-state index in [4.69, 9.17) is 11.6 Å². The molecule has 2 aromatic heterocycles. The van der Waals surface area contributed by atoms with Crippen LogP contribution in [0.15, 0.2) is 24.4 Å². The van der Waals surface area contributed by atoms with Crippen molar-refractivity contribution in [3.8, 4) is 0 Å². The van der Waals surface area contributed by atoms with Gasteiger partial charge in [0.2, 0.25) is 0 Å². The maximum Gasteiger partial charge on any atom is 0.152 e. The van der Waals surface area contributed by atoms with Crippen LogP contribution in [0.3, 0.4) is 0 Å². The molecule has 86 valence electrons. The summed E-state index contributed by atoms with van der Waals surface area (Å²) >= 11 is 6.11. The highest BCUT2D eigenvalue weighted by Crippen LogP contribution is 2.17. The number of rotatable bonds is 5. The number of halogens is 1. The molecule has 0 saturated carbocycles. The Kier molecular flexibility index (Phi) is 3.80. The van der Waals surface area contributed by atoms with Gasteiger partial charge < -0.3 is 9.72 Å². The van der Waals surface area contributed by atoms with Crippen LogP contribution < -0.4 is 5.32 Å². The Labute approximate surface area is 100 Å². The fourth-order valence-corrected chi connectivity index (χ4v) is 1.93. The highest BCUT2D eigenvalue weighted by Gasteiger charge is 2.08. The molecular weight excluding hydrogens is 222 g/mol. The number of pyridine rings is 1. The summed E-state index contributed by atoms with van der Waals surface area (Å²) in [5, 5.41) is 3.97. The topological polar surface area (TPSA) is 29.3 Å². The van der Waals surface area contributed by atoms with Gasteiger partial charge in [0.05, 0.1) is 5.69 Å². The largest absolute Gasteiger partial charge is 0.311 e. The maximum atomic E-state index is 6.11. The number of fused-ring (bicyclic) bond motifs is 1. The van der Waals surface area contributed by atoms with Gasteiger partial charge in [-0.3, -0.25) is 0 Å². The zero-order valence-corrected chi connectivity index (χ0v) is 10.2. The average Bonchev–Trinajstić information content (AvgIpc) is 2.61. The van der Waals surface area contributed by atoms with Crippen LogP contribution in [0.1, 0.15) is 25.5 Å². The Hall–Kier alpha value is -1.06. The third kappa shape index (κ3) is 2.36. The Morgan fingerprint density at radius 2 is 2.31 bits per heavy atom. The lowest BCUT2D eigenvalue weighted by Gasteiger charge is -2.04. The minimum Gasteiger partial charge on any atom is -0.311 e. The van der Waals surface area contributed by atoms with Crippen LogP contribution in [0.2, 0.25) is 5.15 Å². The van der Waals surface area contributed by atoms with Crippen molar-refractivity contribution in [3.63, 3.8) is 0 Å². The molecule has 0 unspecified atom stereocenters. The first-order chi connectivity index (χ1) is 7.83. The summed E-state index contributed by atoms with van der Waals surface area (Å²) in [6, 6.07) is 5.91. The maximum absolute atomic E-state index is 6.11. The fraction of sp³-hybridized carbons (Fsp3) is 0.417. The van der Waals surface area contributed by atoms with Crippen molar-refractivity contribution in [2.24, 2.45) is 0 Å². The minimum absolute atomic E-state index is 0.593. The van der Waals surface area contributed by atoms with Crippen LogP contribution in [0.4, 0.5) is 0 Å². The van der Waals surface area contributed by atoms with Gasteiger partial charge in [-0.25, -0.2) is 4.98 Å². The summed E-state index contributed by atoms with van der Waals surface area (Å²) in [4.78, 5) is 4.30. The van der Waals surface area contributed by atoms with Crippen LogP contribution in [0, 0.1) is 0 Å². The van der Waals surface area contributed by atoms with E-state index in [1.807, 2.05) is 28.8 Å². The second-order valence-corrected chi connectivity index (χ2v) is 4.17. The molecule has 4 heteroatoms.